The zero-order chi connectivity index (χ0) is 11.4. The van der Waals surface area contributed by atoms with E-state index in [1.807, 2.05) is 24.3 Å². The third-order valence-electron chi connectivity index (χ3n) is 2.18. The smallest absolute Gasteiger partial charge is 0.114 e. The van der Waals surface area contributed by atoms with Crippen molar-refractivity contribution in [3.8, 4) is 0 Å². The first-order valence-electron chi connectivity index (χ1n) is 5.05. The Bertz CT molecular complexity index is 440. The van der Waals surface area contributed by atoms with Crippen LogP contribution in [0.5, 0.6) is 0 Å². The molecule has 84 valence electrons. The van der Waals surface area contributed by atoms with Gasteiger partial charge in [0.15, 0.2) is 0 Å². The molecule has 1 atom stereocenters. The Kier molecular flexibility index (Phi) is 3.64. The van der Waals surface area contributed by atoms with Crippen molar-refractivity contribution in [3.63, 3.8) is 0 Å². The van der Waals surface area contributed by atoms with E-state index in [9.17, 15) is 5.11 Å². The van der Waals surface area contributed by atoms with Crippen LogP contribution in [0.3, 0.4) is 0 Å². The lowest BCUT2D eigenvalue weighted by atomic mass is 10.2. The SMILES string of the molecule is C[C@H](O)c1ccnc(SCc2ccco2)c1. The second kappa shape index (κ2) is 5.18. The summed E-state index contributed by atoms with van der Waals surface area (Å²) in [6.45, 7) is 1.75. The molecule has 0 saturated heterocycles. The molecule has 0 radical (unpaired) electrons. The largest absolute Gasteiger partial charge is 0.468 e. The van der Waals surface area contributed by atoms with E-state index in [0.717, 1.165) is 22.1 Å². The highest BCUT2D eigenvalue weighted by atomic mass is 32.2. The van der Waals surface area contributed by atoms with Gasteiger partial charge in [0.05, 0.1) is 23.1 Å². The Morgan fingerprint density at radius 1 is 1.50 bits per heavy atom. The molecule has 0 spiro atoms. The van der Waals surface area contributed by atoms with Gasteiger partial charge in [-0.15, -0.1) is 0 Å². The van der Waals surface area contributed by atoms with Gasteiger partial charge in [-0.2, -0.15) is 0 Å². The number of aromatic nitrogens is 1. The third kappa shape index (κ3) is 2.87. The zero-order valence-electron chi connectivity index (χ0n) is 8.96. The fourth-order valence-corrected chi connectivity index (χ4v) is 2.11. The minimum Gasteiger partial charge on any atom is -0.468 e. The number of rotatable bonds is 4. The van der Waals surface area contributed by atoms with Gasteiger partial charge in [-0.1, -0.05) is 11.8 Å². The second-order valence-electron chi connectivity index (χ2n) is 3.47. The lowest BCUT2D eigenvalue weighted by Crippen LogP contribution is -1.92. The van der Waals surface area contributed by atoms with Crippen molar-refractivity contribution in [1.82, 2.24) is 4.98 Å². The van der Waals surface area contributed by atoms with Gasteiger partial charge < -0.3 is 9.52 Å². The van der Waals surface area contributed by atoms with E-state index in [0.29, 0.717) is 0 Å². The fraction of sp³-hybridized carbons (Fsp3) is 0.250. The fourth-order valence-electron chi connectivity index (χ4n) is 1.30. The summed E-state index contributed by atoms with van der Waals surface area (Å²) in [5, 5.41) is 10.3. The minimum atomic E-state index is -0.453. The van der Waals surface area contributed by atoms with Crippen LogP contribution >= 0.6 is 11.8 Å². The van der Waals surface area contributed by atoms with Gasteiger partial charge in [0.25, 0.3) is 0 Å². The predicted molar refractivity (Wildman–Crippen MR) is 63.1 cm³/mol. The van der Waals surface area contributed by atoms with Crippen molar-refractivity contribution >= 4 is 11.8 Å². The highest BCUT2D eigenvalue weighted by molar-refractivity contribution is 7.98. The van der Waals surface area contributed by atoms with Crippen molar-refractivity contribution in [2.24, 2.45) is 0 Å². The molecule has 2 heterocycles. The molecule has 1 N–H and O–H groups in total. The number of aliphatic hydroxyl groups is 1. The van der Waals surface area contributed by atoms with Crippen LogP contribution in [0, 0.1) is 0 Å². The number of hydrogen-bond donors (Lipinski definition) is 1. The summed E-state index contributed by atoms with van der Waals surface area (Å²) in [5.41, 5.74) is 0.886. The van der Waals surface area contributed by atoms with Crippen molar-refractivity contribution in [2.45, 2.75) is 23.8 Å². The van der Waals surface area contributed by atoms with Gasteiger partial charge in [0, 0.05) is 6.20 Å². The average molecular weight is 235 g/mol. The van der Waals surface area contributed by atoms with Gasteiger partial charge in [0.1, 0.15) is 5.76 Å². The first-order valence-corrected chi connectivity index (χ1v) is 6.03. The Hall–Kier alpha value is -1.26. The molecule has 0 aliphatic carbocycles. The lowest BCUT2D eigenvalue weighted by Gasteiger charge is -2.05. The summed E-state index contributed by atoms with van der Waals surface area (Å²) in [6.07, 6.45) is 2.92. The molecule has 2 rings (SSSR count). The number of nitrogens with zero attached hydrogens (tertiary/aromatic N) is 1. The van der Waals surface area contributed by atoms with E-state index in [-0.39, 0.29) is 0 Å². The molecule has 0 aliphatic rings. The Balaban J connectivity index is 2.01. The maximum absolute atomic E-state index is 9.44. The van der Waals surface area contributed by atoms with E-state index in [4.69, 9.17) is 4.42 Å². The van der Waals surface area contributed by atoms with Gasteiger partial charge in [-0.3, -0.25) is 0 Å². The summed E-state index contributed by atoms with van der Waals surface area (Å²) in [4.78, 5) is 4.23. The number of aliphatic hydroxyl groups excluding tert-OH is 1. The standard InChI is InChI=1S/C12H13NO2S/c1-9(14)10-4-5-13-12(7-10)16-8-11-3-2-6-15-11/h2-7,9,14H,8H2,1H3/t9-/m0/s1. The molecule has 0 aromatic carbocycles. The van der Waals surface area contributed by atoms with Gasteiger partial charge >= 0.3 is 0 Å². The predicted octanol–water partition coefficient (Wildman–Crippen LogP) is 3.02. The molecule has 0 unspecified atom stereocenters. The molecular formula is C12H13NO2S. The minimum absolute atomic E-state index is 0.453. The van der Waals surface area contributed by atoms with E-state index < -0.39 is 6.10 Å². The number of hydrogen-bond acceptors (Lipinski definition) is 4. The van der Waals surface area contributed by atoms with Crippen LogP contribution in [0.2, 0.25) is 0 Å². The molecular weight excluding hydrogens is 222 g/mol. The topological polar surface area (TPSA) is 46.3 Å². The number of thioether (sulfide) groups is 1. The van der Waals surface area contributed by atoms with Crippen LogP contribution in [0.4, 0.5) is 0 Å². The van der Waals surface area contributed by atoms with Crippen LogP contribution < -0.4 is 0 Å². The monoisotopic (exact) mass is 235 g/mol. The van der Waals surface area contributed by atoms with Crippen LogP contribution in [0.15, 0.2) is 46.2 Å². The summed E-state index contributed by atoms with van der Waals surface area (Å²) in [6, 6.07) is 7.53. The molecule has 0 bridgehead atoms. The van der Waals surface area contributed by atoms with Gasteiger partial charge in [0.2, 0.25) is 0 Å². The van der Waals surface area contributed by atoms with E-state index in [2.05, 4.69) is 4.98 Å². The maximum atomic E-state index is 9.44. The van der Waals surface area contributed by atoms with Crippen molar-refractivity contribution in [2.75, 3.05) is 0 Å². The van der Waals surface area contributed by atoms with Crippen molar-refractivity contribution in [1.29, 1.82) is 0 Å². The first-order chi connectivity index (χ1) is 7.75. The Morgan fingerprint density at radius 3 is 3.06 bits per heavy atom. The quantitative estimate of drug-likeness (QED) is 0.827. The molecule has 3 nitrogen and oxygen atoms in total. The lowest BCUT2D eigenvalue weighted by molar-refractivity contribution is 0.199. The van der Waals surface area contributed by atoms with Crippen LogP contribution in [0.1, 0.15) is 24.4 Å². The van der Waals surface area contributed by atoms with Crippen LogP contribution in [0.25, 0.3) is 0 Å². The van der Waals surface area contributed by atoms with E-state index in [1.165, 1.54) is 0 Å². The summed E-state index contributed by atoms with van der Waals surface area (Å²) in [5.74, 6) is 1.68. The average Bonchev–Trinajstić information content (AvgIpc) is 2.79. The molecule has 16 heavy (non-hydrogen) atoms. The van der Waals surface area contributed by atoms with Gasteiger partial charge in [-0.25, -0.2) is 4.98 Å². The first kappa shape index (κ1) is 11.2. The molecule has 2 aromatic heterocycles. The molecule has 0 fully saturated rings. The van der Waals surface area contributed by atoms with Crippen molar-refractivity contribution < 1.29 is 9.52 Å². The normalized spacial score (nSPS) is 12.6. The van der Waals surface area contributed by atoms with Crippen molar-refractivity contribution in [3.05, 3.63) is 48.0 Å². The highest BCUT2D eigenvalue weighted by Crippen LogP contribution is 2.23. The third-order valence-corrected chi connectivity index (χ3v) is 3.13. The number of pyridine rings is 1. The van der Waals surface area contributed by atoms with Crippen LogP contribution in [-0.4, -0.2) is 10.1 Å². The summed E-state index contributed by atoms with van der Waals surface area (Å²) in [7, 11) is 0. The molecule has 4 heteroatoms. The maximum Gasteiger partial charge on any atom is 0.114 e. The van der Waals surface area contributed by atoms with E-state index >= 15 is 0 Å². The van der Waals surface area contributed by atoms with Crippen LogP contribution in [-0.2, 0) is 5.75 Å². The molecule has 0 amide bonds. The zero-order valence-corrected chi connectivity index (χ0v) is 9.78. The summed E-state index contributed by atoms with van der Waals surface area (Å²) < 4.78 is 5.23. The summed E-state index contributed by atoms with van der Waals surface area (Å²) >= 11 is 1.59. The second-order valence-corrected chi connectivity index (χ2v) is 4.47. The molecule has 0 saturated carbocycles. The highest BCUT2D eigenvalue weighted by Gasteiger charge is 2.04. The Labute approximate surface area is 98.5 Å². The van der Waals surface area contributed by atoms with Gasteiger partial charge in [-0.05, 0) is 36.8 Å². The molecule has 0 aliphatic heterocycles. The Morgan fingerprint density at radius 2 is 2.38 bits per heavy atom. The van der Waals surface area contributed by atoms with E-state index in [1.54, 1.807) is 31.1 Å². The number of furan rings is 1. The molecule has 2 aromatic rings.